The van der Waals surface area contributed by atoms with E-state index in [9.17, 15) is 0 Å². The molecule has 1 aromatic carbocycles. The zero-order chi connectivity index (χ0) is 11.3. The Bertz CT molecular complexity index is 289. The van der Waals surface area contributed by atoms with Gasteiger partial charge in [-0.2, -0.15) is 0 Å². The Balaban J connectivity index is 2.81. The molecule has 15 heavy (non-hydrogen) atoms. The molecule has 0 radical (unpaired) electrons. The Hall–Kier alpha value is -0.340. The predicted molar refractivity (Wildman–Crippen MR) is 70.2 cm³/mol. The van der Waals surface area contributed by atoms with Crippen LogP contribution in [0.3, 0.4) is 0 Å². The highest BCUT2D eigenvalue weighted by Gasteiger charge is 2.09. The van der Waals surface area contributed by atoms with Crippen LogP contribution in [0.4, 0.5) is 0 Å². The van der Waals surface area contributed by atoms with Gasteiger partial charge in [-0.05, 0) is 43.7 Å². The maximum Gasteiger partial charge on any atom is 0.0318 e. The molecule has 0 amide bonds. The van der Waals surface area contributed by atoms with Gasteiger partial charge in [-0.15, -0.1) is 0 Å². The van der Waals surface area contributed by atoms with Crippen LogP contribution in [0.5, 0.6) is 0 Å². The molecule has 0 aromatic heterocycles. The summed E-state index contributed by atoms with van der Waals surface area (Å²) in [6, 6.07) is 7.11. The van der Waals surface area contributed by atoms with Gasteiger partial charge in [0.15, 0.2) is 0 Å². The first kappa shape index (κ1) is 12.7. The van der Waals surface area contributed by atoms with Crippen LogP contribution < -0.4 is 5.32 Å². The number of rotatable bonds is 5. The molecule has 1 rings (SSSR count). The lowest BCUT2D eigenvalue weighted by Gasteiger charge is -2.17. The second-order valence-electron chi connectivity index (χ2n) is 4.05. The highest BCUT2D eigenvalue weighted by atomic mass is 79.9. The van der Waals surface area contributed by atoms with Gasteiger partial charge in [0.25, 0.3) is 0 Å². The third-order valence-electron chi connectivity index (χ3n) is 2.66. The first-order valence-electron chi connectivity index (χ1n) is 5.61. The molecular weight excluding hydrogens is 250 g/mol. The normalized spacial score (nSPS) is 12.8. The van der Waals surface area contributed by atoms with Crippen molar-refractivity contribution in [2.45, 2.75) is 39.2 Å². The van der Waals surface area contributed by atoms with Crippen molar-refractivity contribution in [3.05, 3.63) is 33.8 Å². The fourth-order valence-electron chi connectivity index (χ4n) is 1.85. The fourth-order valence-corrected chi connectivity index (χ4v) is 2.48. The van der Waals surface area contributed by atoms with Gasteiger partial charge >= 0.3 is 0 Å². The van der Waals surface area contributed by atoms with Gasteiger partial charge in [-0.25, -0.2) is 0 Å². The number of hydrogen-bond acceptors (Lipinski definition) is 1. The molecule has 1 nitrogen and oxygen atoms in total. The molecule has 2 heteroatoms. The van der Waals surface area contributed by atoms with Gasteiger partial charge in [0, 0.05) is 10.5 Å². The van der Waals surface area contributed by atoms with Crippen molar-refractivity contribution in [1.82, 2.24) is 5.32 Å². The quantitative estimate of drug-likeness (QED) is 0.845. The first-order chi connectivity index (χ1) is 7.17. The molecule has 84 valence electrons. The van der Waals surface area contributed by atoms with E-state index in [0.29, 0.717) is 6.04 Å². The van der Waals surface area contributed by atoms with Gasteiger partial charge in [0.2, 0.25) is 0 Å². The van der Waals surface area contributed by atoms with Crippen molar-refractivity contribution in [2.75, 3.05) is 7.05 Å². The topological polar surface area (TPSA) is 12.0 Å². The second kappa shape index (κ2) is 6.29. The Kier molecular flexibility index (Phi) is 5.34. The molecule has 0 bridgehead atoms. The zero-order valence-electron chi connectivity index (χ0n) is 9.81. The third-order valence-corrected chi connectivity index (χ3v) is 3.12. The van der Waals surface area contributed by atoms with Gasteiger partial charge in [-0.3, -0.25) is 0 Å². The van der Waals surface area contributed by atoms with Crippen LogP contribution in [0.2, 0.25) is 0 Å². The van der Waals surface area contributed by atoms with Gasteiger partial charge < -0.3 is 5.32 Å². The minimum atomic E-state index is 0.487. The first-order valence-corrected chi connectivity index (χ1v) is 6.41. The monoisotopic (exact) mass is 269 g/mol. The molecule has 1 aromatic rings. The Morgan fingerprint density at radius 3 is 2.60 bits per heavy atom. The molecule has 0 saturated heterocycles. The summed E-state index contributed by atoms with van der Waals surface area (Å²) in [6.45, 7) is 4.37. The van der Waals surface area contributed by atoms with Gasteiger partial charge in [0.05, 0.1) is 0 Å². The van der Waals surface area contributed by atoms with Gasteiger partial charge in [-0.1, -0.05) is 41.8 Å². The summed E-state index contributed by atoms with van der Waals surface area (Å²) in [4.78, 5) is 0. The summed E-state index contributed by atoms with van der Waals surface area (Å²) >= 11 is 3.55. The summed E-state index contributed by atoms with van der Waals surface area (Å²) < 4.78 is 1.18. The number of benzene rings is 1. The number of nitrogens with one attached hydrogen (secondary N) is 1. The predicted octanol–water partition coefficient (Wildman–Crippen LogP) is 4.21. The summed E-state index contributed by atoms with van der Waals surface area (Å²) in [5.41, 5.74) is 2.70. The van der Waals surface area contributed by atoms with E-state index in [1.165, 1.54) is 34.9 Å². The van der Waals surface area contributed by atoms with Crippen LogP contribution in [0.15, 0.2) is 22.7 Å². The van der Waals surface area contributed by atoms with Crippen LogP contribution in [0.25, 0.3) is 0 Å². The number of unbranched alkanes of at least 4 members (excludes halogenated alkanes) is 1. The highest BCUT2D eigenvalue weighted by Crippen LogP contribution is 2.24. The standard InChI is InChI=1S/C13H20BrN/c1-4-5-6-13(15-3)11-7-10(2)8-12(14)9-11/h7-9,13,15H,4-6H2,1-3H3. The molecule has 1 atom stereocenters. The number of hydrogen-bond donors (Lipinski definition) is 1. The molecule has 0 aliphatic carbocycles. The summed E-state index contributed by atoms with van der Waals surface area (Å²) in [6.07, 6.45) is 3.74. The van der Waals surface area contributed by atoms with Crippen LogP contribution in [-0.2, 0) is 0 Å². The summed E-state index contributed by atoms with van der Waals surface area (Å²) in [7, 11) is 2.04. The minimum absolute atomic E-state index is 0.487. The number of aryl methyl sites for hydroxylation is 1. The zero-order valence-corrected chi connectivity index (χ0v) is 11.4. The molecule has 0 heterocycles. The lowest BCUT2D eigenvalue weighted by Crippen LogP contribution is -2.16. The van der Waals surface area contributed by atoms with E-state index >= 15 is 0 Å². The molecular formula is C13H20BrN. The van der Waals surface area contributed by atoms with Crippen LogP contribution in [-0.4, -0.2) is 7.05 Å². The van der Waals surface area contributed by atoms with E-state index in [4.69, 9.17) is 0 Å². The van der Waals surface area contributed by atoms with Crippen molar-refractivity contribution in [2.24, 2.45) is 0 Å². The van der Waals surface area contributed by atoms with Crippen LogP contribution in [0.1, 0.15) is 43.4 Å². The molecule has 1 N–H and O–H groups in total. The third kappa shape index (κ3) is 3.96. The van der Waals surface area contributed by atoms with E-state index in [1.807, 2.05) is 7.05 Å². The molecule has 0 fully saturated rings. The number of halogens is 1. The maximum atomic E-state index is 3.55. The van der Waals surface area contributed by atoms with Crippen molar-refractivity contribution in [1.29, 1.82) is 0 Å². The molecule has 0 aliphatic heterocycles. The molecule has 0 saturated carbocycles. The van der Waals surface area contributed by atoms with Gasteiger partial charge in [0.1, 0.15) is 0 Å². The summed E-state index contributed by atoms with van der Waals surface area (Å²) in [5, 5.41) is 3.39. The van der Waals surface area contributed by atoms with Crippen LogP contribution in [0, 0.1) is 6.92 Å². The van der Waals surface area contributed by atoms with Crippen molar-refractivity contribution < 1.29 is 0 Å². The van der Waals surface area contributed by atoms with E-state index < -0.39 is 0 Å². The Labute approximate surface area is 101 Å². The van der Waals surface area contributed by atoms with E-state index in [2.05, 4.69) is 53.3 Å². The lowest BCUT2D eigenvalue weighted by atomic mass is 10.00. The average Bonchev–Trinajstić information content (AvgIpc) is 2.17. The van der Waals surface area contributed by atoms with Crippen LogP contribution >= 0.6 is 15.9 Å². The van der Waals surface area contributed by atoms with Crippen molar-refractivity contribution >= 4 is 15.9 Å². The Morgan fingerprint density at radius 1 is 1.33 bits per heavy atom. The molecule has 0 aliphatic rings. The summed E-state index contributed by atoms with van der Waals surface area (Å²) in [5.74, 6) is 0. The van der Waals surface area contributed by atoms with Crippen molar-refractivity contribution in [3.63, 3.8) is 0 Å². The maximum absolute atomic E-state index is 3.55. The smallest absolute Gasteiger partial charge is 0.0318 e. The average molecular weight is 270 g/mol. The molecule has 0 spiro atoms. The van der Waals surface area contributed by atoms with E-state index in [0.717, 1.165) is 0 Å². The largest absolute Gasteiger partial charge is 0.313 e. The fraction of sp³-hybridized carbons (Fsp3) is 0.538. The minimum Gasteiger partial charge on any atom is -0.313 e. The highest BCUT2D eigenvalue weighted by molar-refractivity contribution is 9.10. The lowest BCUT2D eigenvalue weighted by molar-refractivity contribution is 0.522. The van der Waals surface area contributed by atoms with E-state index in [1.54, 1.807) is 0 Å². The molecule has 1 unspecified atom stereocenters. The van der Waals surface area contributed by atoms with Crippen molar-refractivity contribution in [3.8, 4) is 0 Å². The SMILES string of the molecule is CCCCC(NC)c1cc(C)cc(Br)c1. The van der Waals surface area contributed by atoms with E-state index in [-0.39, 0.29) is 0 Å². The Morgan fingerprint density at radius 2 is 2.07 bits per heavy atom. The second-order valence-corrected chi connectivity index (χ2v) is 4.96.